The lowest BCUT2D eigenvalue weighted by Crippen LogP contribution is -2.52. The molecule has 8 heteroatoms. The molecule has 1 N–H and O–H groups in total. The van der Waals surface area contributed by atoms with Gasteiger partial charge in [-0.1, -0.05) is 38.1 Å². The highest BCUT2D eigenvalue weighted by atomic mass is 16.6. The van der Waals surface area contributed by atoms with E-state index >= 15 is 0 Å². The number of amides is 3. The molecule has 4 rings (SSSR count). The predicted octanol–water partition coefficient (Wildman–Crippen LogP) is 4.40. The minimum atomic E-state index is -1.03. The maximum absolute atomic E-state index is 13.4. The second-order valence-electron chi connectivity index (χ2n) is 8.13. The lowest BCUT2D eigenvalue weighted by atomic mass is 9.91. The molecule has 8 nitrogen and oxygen atoms in total. The second kappa shape index (κ2) is 8.22. The summed E-state index contributed by atoms with van der Waals surface area (Å²) in [5, 5.41) is 14.9. The first kappa shape index (κ1) is 21.2. The van der Waals surface area contributed by atoms with Crippen LogP contribution < -0.4 is 5.32 Å². The van der Waals surface area contributed by atoms with Gasteiger partial charge in [-0.15, -0.1) is 0 Å². The van der Waals surface area contributed by atoms with E-state index in [1.165, 1.54) is 24.3 Å². The van der Waals surface area contributed by atoms with E-state index in [1.807, 2.05) is 26.0 Å². The maximum Gasteiger partial charge on any atom is 0.269 e. The average Bonchev–Trinajstić information content (AvgIpc) is 2.76. The molecule has 0 bridgehead atoms. The number of non-ortho nitro benzene ring substituents is 1. The molecular weight excluding hydrogens is 410 g/mol. The van der Waals surface area contributed by atoms with Crippen molar-refractivity contribution in [3.8, 4) is 0 Å². The van der Waals surface area contributed by atoms with E-state index in [0.29, 0.717) is 22.2 Å². The first-order valence-corrected chi connectivity index (χ1v) is 10.2. The first-order valence-electron chi connectivity index (χ1n) is 10.2. The van der Waals surface area contributed by atoms with Crippen LogP contribution in [-0.2, 0) is 4.79 Å². The molecule has 162 valence electrons. The summed E-state index contributed by atoms with van der Waals surface area (Å²) in [5.41, 5.74) is 1.01. The smallest absolute Gasteiger partial charge is 0.269 e. The van der Waals surface area contributed by atoms with Crippen LogP contribution >= 0.6 is 0 Å². The fourth-order valence-corrected chi connectivity index (χ4v) is 4.00. The summed E-state index contributed by atoms with van der Waals surface area (Å²) in [7, 11) is 0. The molecule has 3 aromatic carbocycles. The number of nitro groups is 1. The van der Waals surface area contributed by atoms with Crippen molar-refractivity contribution in [3.63, 3.8) is 0 Å². The Morgan fingerprint density at radius 1 is 0.969 bits per heavy atom. The van der Waals surface area contributed by atoms with Gasteiger partial charge >= 0.3 is 0 Å². The molecule has 3 aromatic rings. The lowest BCUT2D eigenvalue weighted by molar-refractivity contribution is -0.384. The Bertz CT molecular complexity index is 1200. The topological polar surface area (TPSA) is 110 Å². The van der Waals surface area contributed by atoms with Crippen LogP contribution in [0.1, 0.15) is 41.0 Å². The SMILES string of the molecule is CC(C)C[C@@H](C(=O)Nc1ccc([N+](=O)[O-])cc1)N1C(=O)c2cccc3cccc(c23)C1=O. The van der Waals surface area contributed by atoms with Crippen LogP contribution in [0.2, 0.25) is 0 Å². The molecule has 0 unspecified atom stereocenters. The zero-order valence-electron chi connectivity index (χ0n) is 17.6. The second-order valence-corrected chi connectivity index (χ2v) is 8.13. The molecule has 1 atom stereocenters. The molecule has 0 aliphatic carbocycles. The van der Waals surface area contributed by atoms with E-state index in [2.05, 4.69) is 5.32 Å². The minimum Gasteiger partial charge on any atom is -0.324 e. The van der Waals surface area contributed by atoms with Crippen LogP contribution in [-0.4, -0.2) is 33.6 Å². The summed E-state index contributed by atoms with van der Waals surface area (Å²) in [4.78, 5) is 51.3. The average molecular weight is 431 g/mol. The van der Waals surface area contributed by atoms with E-state index < -0.39 is 28.7 Å². The number of hydrogen-bond donors (Lipinski definition) is 1. The Kier molecular flexibility index (Phi) is 5.44. The van der Waals surface area contributed by atoms with Crippen molar-refractivity contribution in [2.75, 3.05) is 5.32 Å². The fourth-order valence-electron chi connectivity index (χ4n) is 4.00. The number of nitrogens with zero attached hydrogens (tertiary/aromatic N) is 2. The molecule has 1 aliphatic heterocycles. The summed E-state index contributed by atoms with van der Waals surface area (Å²) >= 11 is 0. The van der Waals surface area contributed by atoms with E-state index in [9.17, 15) is 24.5 Å². The Morgan fingerprint density at radius 2 is 1.53 bits per heavy atom. The molecule has 3 amide bonds. The third-order valence-corrected chi connectivity index (χ3v) is 5.46. The number of carbonyl (C=O) groups is 3. The van der Waals surface area contributed by atoms with Gasteiger partial charge in [0, 0.05) is 34.3 Å². The molecule has 0 radical (unpaired) electrons. The molecule has 0 fully saturated rings. The fraction of sp³-hybridized carbons (Fsp3) is 0.208. The van der Waals surface area contributed by atoms with Gasteiger partial charge in [-0.05, 0) is 42.0 Å². The van der Waals surface area contributed by atoms with Gasteiger partial charge in [-0.3, -0.25) is 29.4 Å². The van der Waals surface area contributed by atoms with E-state index in [0.717, 1.165) is 10.3 Å². The largest absolute Gasteiger partial charge is 0.324 e. The molecule has 0 spiro atoms. The summed E-state index contributed by atoms with van der Waals surface area (Å²) in [6, 6.07) is 14.9. The van der Waals surface area contributed by atoms with Crippen LogP contribution in [0.3, 0.4) is 0 Å². The van der Waals surface area contributed by atoms with Crippen molar-refractivity contribution < 1.29 is 19.3 Å². The van der Waals surface area contributed by atoms with E-state index in [1.54, 1.807) is 24.3 Å². The number of imide groups is 1. The van der Waals surface area contributed by atoms with Crippen LogP contribution in [0, 0.1) is 16.0 Å². The highest BCUT2D eigenvalue weighted by molar-refractivity contribution is 6.26. The molecule has 0 aromatic heterocycles. The summed E-state index contributed by atoms with van der Waals surface area (Å²) in [6.07, 6.45) is 0.272. The molecule has 1 heterocycles. The third-order valence-electron chi connectivity index (χ3n) is 5.46. The maximum atomic E-state index is 13.4. The van der Waals surface area contributed by atoms with Gasteiger partial charge in [-0.25, -0.2) is 0 Å². The zero-order valence-corrected chi connectivity index (χ0v) is 17.6. The Morgan fingerprint density at radius 3 is 2.03 bits per heavy atom. The number of nitro benzene ring substituents is 1. The summed E-state index contributed by atoms with van der Waals surface area (Å²) < 4.78 is 0. The zero-order chi connectivity index (χ0) is 23.0. The standard InChI is InChI=1S/C24H21N3O5/c1-14(2)13-20(22(28)25-16-9-11-17(12-10-16)27(31)32)26-23(29)18-7-3-5-15-6-4-8-19(21(15)18)24(26)30/h3-12,14,20H,13H2,1-2H3,(H,25,28)/t20-/m0/s1. The highest BCUT2D eigenvalue weighted by Gasteiger charge is 2.40. The van der Waals surface area contributed by atoms with Gasteiger partial charge in [0.25, 0.3) is 17.5 Å². The predicted molar refractivity (Wildman–Crippen MR) is 119 cm³/mol. The van der Waals surface area contributed by atoms with Gasteiger partial charge < -0.3 is 5.32 Å². The molecule has 0 saturated heterocycles. The molecule has 1 aliphatic rings. The Hall–Kier alpha value is -4.07. The van der Waals surface area contributed by atoms with E-state index in [-0.39, 0.29) is 18.0 Å². The Labute approximate surface area is 184 Å². The van der Waals surface area contributed by atoms with Gasteiger partial charge in [0.05, 0.1) is 4.92 Å². The van der Waals surface area contributed by atoms with E-state index in [4.69, 9.17) is 0 Å². The number of hydrogen-bond acceptors (Lipinski definition) is 5. The quantitative estimate of drug-likeness (QED) is 0.353. The molecule has 32 heavy (non-hydrogen) atoms. The minimum absolute atomic E-state index is 0.0242. The van der Waals surface area contributed by atoms with Crippen molar-refractivity contribution in [2.45, 2.75) is 26.3 Å². The van der Waals surface area contributed by atoms with Gasteiger partial charge in [0.1, 0.15) is 6.04 Å². The van der Waals surface area contributed by atoms with Crippen LogP contribution in [0.15, 0.2) is 60.7 Å². The lowest BCUT2D eigenvalue weighted by Gasteiger charge is -2.33. The van der Waals surface area contributed by atoms with Crippen LogP contribution in [0.5, 0.6) is 0 Å². The van der Waals surface area contributed by atoms with Crippen molar-refractivity contribution in [2.24, 2.45) is 5.92 Å². The number of benzene rings is 3. The van der Waals surface area contributed by atoms with Gasteiger partial charge in [0.15, 0.2) is 0 Å². The first-order chi connectivity index (χ1) is 15.3. The van der Waals surface area contributed by atoms with Crippen LogP contribution in [0.25, 0.3) is 10.8 Å². The number of nitrogens with one attached hydrogen (secondary N) is 1. The van der Waals surface area contributed by atoms with Crippen molar-refractivity contribution in [1.29, 1.82) is 0 Å². The highest BCUT2D eigenvalue weighted by Crippen LogP contribution is 2.32. The third kappa shape index (κ3) is 3.71. The normalized spacial score (nSPS) is 14.0. The monoisotopic (exact) mass is 431 g/mol. The summed E-state index contributed by atoms with van der Waals surface area (Å²) in [5.74, 6) is -1.52. The van der Waals surface area contributed by atoms with Crippen LogP contribution in [0.4, 0.5) is 11.4 Å². The number of rotatable bonds is 6. The van der Waals surface area contributed by atoms with Crippen molar-refractivity contribution in [3.05, 3.63) is 81.9 Å². The van der Waals surface area contributed by atoms with Crippen molar-refractivity contribution in [1.82, 2.24) is 4.90 Å². The number of carbonyl (C=O) groups excluding carboxylic acids is 3. The number of anilines is 1. The molecular formula is C24H21N3O5. The Balaban J connectivity index is 1.70. The van der Waals surface area contributed by atoms with Crippen molar-refractivity contribution >= 4 is 39.9 Å². The summed E-state index contributed by atoms with van der Waals surface area (Å²) in [6.45, 7) is 3.81. The molecule has 0 saturated carbocycles. The van der Waals surface area contributed by atoms with Gasteiger partial charge in [0.2, 0.25) is 5.91 Å². The van der Waals surface area contributed by atoms with Gasteiger partial charge in [-0.2, -0.15) is 0 Å².